The lowest BCUT2D eigenvalue weighted by Crippen LogP contribution is -2.23. The van der Waals surface area contributed by atoms with Gasteiger partial charge in [0.25, 0.3) is 0 Å². The van der Waals surface area contributed by atoms with Crippen molar-refractivity contribution in [2.24, 2.45) is 0 Å². The zero-order valence-corrected chi connectivity index (χ0v) is 12.2. The van der Waals surface area contributed by atoms with Crippen LogP contribution in [0.3, 0.4) is 0 Å². The molecular formula is C15H23NO3. The SMILES string of the molecule is COc1ccc(OC)c(CCN(C)CCC(C)=O)c1. The van der Waals surface area contributed by atoms with Gasteiger partial charge in [0.2, 0.25) is 0 Å². The van der Waals surface area contributed by atoms with Crippen molar-refractivity contribution in [1.29, 1.82) is 0 Å². The van der Waals surface area contributed by atoms with E-state index in [4.69, 9.17) is 9.47 Å². The number of methoxy groups -OCH3 is 2. The summed E-state index contributed by atoms with van der Waals surface area (Å²) in [7, 11) is 5.35. The van der Waals surface area contributed by atoms with E-state index in [1.165, 1.54) is 0 Å². The minimum absolute atomic E-state index is 0.228. The van der Waals surface area contributed by atoms with Crippen LogP contribution in [-0.2, 0) is 11.2 Å². The van der Waals surface area contributed by atoms with Gasteiger partial charge in [0, 0.05) is 19.5 Å². The molecule has 4 nitrogen and oxygen atoms in total. The molecule has 4 heteroatoms. The second-order valence-corrected chi connectivity index (χ2v) is 4.68. The third-order valence-corrected chi connectivity index (χ3v) is 3.10. The van der Waals surface area contributed by atoms with E-state index in [1.54, 1.807) is 21.1 Å². The fraction of sp³-hybridized carbons (Fsp3) is 0.533. The van der Waals surface area contributed by atoms with E-state index < -0.39 is 0 Å². The van der Waals surface area contributed by atoms with Gasteiger partial charge in [-0.3, -0.25) is 4.79 Å². The first kappa shape index (κ1) is 15.5. The van der Waals surface area contributed by atoms with Crippen LogP contribution in [0.25, 0.3) is 0 Å². The van der Waals surface area contributed by atoms with E-state index in [2.05, 4.69) is 4.90 Å². The van der Waals surface area contributed by atoms with Gasteiger partial charge in [0.1, 0.15) is 17.3 Å². The van der Waals surface area contributed by atoms with Crippen LogP contribution in [0.2, 0.25) is 0 Å². The van der Waals surface area contributed by atoms with Crippen molar-refractivity contribution in [3.63, 3.8) is 0 Å². The number of rotatable bonds is 8. The fourth-order valence-electron chi connectivity index (χ4n) is 1.85. The molecule has 0 spiro atoms. The highest BCUT2D eigenvalue weighted by Crippen LogP contribution is 2.24. The third kappa shape index (κ3) is 5.30. The molecule has 0 bridgehead atoms. The molecule has 106 valence electrons. The second kappa shape index (κ2) is 7.79. The number of ketones is 1. The monoisotopic (exact) mass is 265 g/mol. The first-order valence-electron chi connectivity index (χ1n) is 6.45. The minimum atomic E-state index is 0.228. The van der Waals surface area contributed by atoms with Gasteiger partial charge in [-0.15, -0.1) is 0 Å². The Morgan fingerprint density at radius 1 is 1.21 bits per heavy atom. The van der Waals surface area contributed by atoms with Crippen molar-refractivity contribution in [3.05, 3.63) is 23.8 Å². The largest absolute Gasteiger partial charge is 0.497 e. The van der Waals surface area contributed by atoms with Crippen molar-refractivity contribution in [2.75, 3.05) is 34.4 Å². The third-order valence-electron chi connectivity index (χ3n) is 3.10. The molecule has 0 fully saturated rings. The summed E-state index contributed by atoms with van der Waals surface area (Å²) in [5.74, 6) is 1.94. The van der Waals surface area contributed by atoms with Crippen molar-refractivity contribution in [3.8, 4) is 11.5 Å². The molecule has 0 aliphatic rings. The first-order valence-corrected chi connectivity index (χ1v) is 6.45. The Labute approximate surface area is 115 Å². The Morgan fingerprint density at radius 2 is 1.95 bits per heavy atom. The molecule has 0 aliphatic carbocycles. The molecule has 0 aliphatic heterocycles. The van der Waals surface area contributed by atoms with Crippen LogP contribution in [0, 0.1) is 0 Å². The smallest absolute Gasteiger partial charge is 0.131 e. The molecule has 1 aromatic carbocycles. The molecule has 19 heavy (non-hydrogen) atoms. The number of benzene rings is 1. The lowest BCUT2D eigenvalue weighted by atomic mass is 10.1. The summed E-state index contributed by atoms with van der Waals surface area (Å²) in [4.78, 5) is 13.1. The number of hydrogen-bond donors (Lipinski definition) is 0. The maximum atomic E-state index is 10.9. The summed E-state index contributed by atoms with van der Waals surface area (Å²) in [6.45, 7) is 3.30. The maximum Gasteiger partial charge on any atom is 0.131 e. The van der Waals surface area contributed by atoms with Crippen LogP contribution in [0.1, 0.15) is 18.9 Å². The number of ether oxygens (including phenoxy) is 2. The topological polar surface area (TPSA) is 38.8 Å². The molecule has 0 radical (unpaired) electrons. The van der Waals surface area contributed by atoms with Gasteiger partial charge in [-0.1, -0.05) is 0 Å². The number of likely N-dealkylation sites (N-methyl/N-ethyl adjacent to an activating group) is 1. The van der Waals surface area contributed by atoms with Crippen molar-refractivity contribution < 1.29 is 14.3 Å². The highest BCUT2D eigenvalue weighted by molar-refractivity contribution is 5.75. The predicted octanol–water partition coefficient (Wildman–Crippen LogP) is 2.16. The Balaban J connectivity index is 2.57. The van der Waals surface area contributed by atoms with E-state index in [-0.39, 0.29) is 5.78 Å². The summed E-state index contributed by atoms with van der Waals surface area (Å²) in [5.41, 5.74) is 1.12. The number of Topliss-reactive ketones (excluding diaryl/α,β-unsaturated/α-hetero) is 1. The van der Waals surface area contributed by atoms with Gasteiger partial charge >= 0.3 is 0 Å². The standard InChI is InChI=1S/C15H23NO3/c1-12(17)7-9-16(2)10-8-13-11-14(18-3)5-6-15(13)19-4/h5-6,11H,7-10H2,1-4H3. The summed E-state index contributed by atoms with van der Waals surface area (Å²) < 4.78 is 10.6. The van der Waals surface area contributed by atoms with Crippen molar-refractivity contribution >= 4 is 5.78 Å². The van der Waals surface area contributed by atoms with Crippen LogP contribution < -0.4 is 9.47 Å². The van der Waals surface area contributed by atoms with Crippen LogP contribution >= 0.6 is 0 Å². The molecule has 0 amide bonds. The highest BCUT2D eigenvalue weighted by atomic mass is 16.5. The zero-order chi connectivity index (χ0) is 14.3. The summed E-state index contributed by atoms with van der Waals surface area (Å²) in [5, 5.41) is 0. The maximum absolute atomic E-state index is 10.9. The van der Waals surface area contributed by atoms with Crippen molar-refractivity contribution in [1.82, 2.24) is 4.90 Å². The molecule has 0 heterocycles. The minimum Gasteiger partial charge on any atom is -0.497 e. The molecular weight excluding hydrogens is 242 g/mol. The Kier molecular flexibility index (Phi) is 6.36. The van der Waals surface area contributed by atoms with E-state index in [0.29, 0.717) is 6.42 Å². The first-order chi connectivity index (χ1) is 9.06. The number of carbonyl (C=O) groups is 1. The molecule has 0 saturated heterocycles. The number of carbonyl (C=O) groups excluding carboxylic acids is 1. The Morgan fingerprint density at radius 3 is 2.53 bits per heavy atom. The molecule has 1 rings (SSSR count). The normalized spacial score (nSPS) is 10.6. The van der Waals surface area contributed by atoms with Crippen LogP contribution in [0.4, 0.5) is 0 Å². The summed E-state index contributed by atoms with van der Waals surface area (Å²) in [6, 6.07) is 5.81. The average molecular weight is 265 g/mol. The Bertz CT molecular complexity index is 418. The fourth-order valence-corrected chi connectivity index (χ4v) is 1.85. The molecule has 0 atom stereocenters. The van der Waals surface area contributed by atoms with Crippen molar-refractivity contribution in [2.45, 2.75) is 19.8 Å². The van der Waals surface area contributed by atoms with E-state index in [0.717, 1.165) is 36.6 Å². The molecule has 1 aromatic rings. The van der Waals surface area contributed by atoms with Gasteiger partial charge < -0.3 is 14.4 Å². The average Bonchev–Trinajstić information content (AvgIpc) is 2.42. The lowest BCUT2D eigenvalue weighted by molar-refractivity contribution is -0.117. The lowest BCUT2D eigenvalue weighted by Gasteiger charge is -2.17. The Hall–Kier alpha value is -1.55. The zero-order valence-electron chi connectivity index (χ0n) is 12.2. The van der Waals surface area contributed by atoms with Gasteiger partial charge in [-0.2, -0.15) is 0 Å². The number of nitrogens with zero attached hydrogens (tertiary/aromatic N) is 1. The van der Waals surface area contributed by atoms with E-state index >= 15 is 0 Å². The van der Waals surface area contributed by atoms with Crippen LogP contribution in [-0.4, -0.2) is 45.0 Å². The molecule has 0 unspecified atom stereocenters. The van der Waals surface area contributed by atoms with E-state index in [9.17, 15) is 4.79 Å². The van der Waals surface area contributed by atoms with Gasteiger partial charge in [0.05, 0.1) is 14.2 Å². The molecule has 0 aromatic heterocycles. The molecule has 0 saturated carbocycles. The van der Waals surface area contributed by atoms with Crippen LogP contribution in [0.15, 0.2) is 18.2 Å². The van der Waals surface area contributed by atoms with Gasteiger partial charge in [-0.25, -0.2) is 0 Å². The summed E-state index contributed by atoms with van der Waals surface area (Å²) >= 11 is 0. The second-order valence-electron chi connectivity index (χ2n) is 4.68. The quantitative estimate of drug-likeness (QED) is 0.722. The van der Waals surface area contributed by atoms with Crippen LogP contribution in [0.5, 0.6) is 11.5 Å². The summed E-state index contributed by atoms with van der Waals surface area (Å²) in [6.07, 6.45) is 1.47. The highest BCUT2D eigenvalue weighted by Gasteiger charge is 2.07. The van der Waals surface area contributed by atoms with Gasteiger partial charge in [0.15, 0.2) is 0 Å². The van der Waals surface area contributed by atoms with E-state index in [1.807, 2.05) is 25.2 Å². The predicted molar refractivity (Wildman–Crippen MR) is 76.0 cm³/mol. The molecule has 0 N–H and O–H groups in total. The van der Waals surface area contributed by atoms with Gasteiger partial charge in [-0.05, 0) is 44.2 Å². The number of hydrogen-bond acceptors (Lipinski definition) is 4.